The summed E-state index contributed by atoms with van der Waals surface area (Å²) < 4.78 is 0.929. The van der Waals surface area contributed by atoms with Crippen LogP contribution in [0.15, 0.2) is 15.2 Å². The highest BCUT2D eigenvalue weighted by molar-refractivity contribution is 9.11. The zero-order valence-electron chi connectivity index (χ0n) is 8.35. The molecule has 2 rings (SSSR count). The van der Waals surface area contributed by atoms with E-state index < -0.39 is 5.97 Å². The second-order valence-corrected chi connectivity index (χ2v) is 6.10. The summed E-state index contributed by atoms with van der Waals surface area (Å²) in [6.07, 6.45) is 0.150. The van der Waals surface area contributed by atoms with Gasteiger partial charge < -0.3 is 10.0 Å². The van der Waals surface area contributed by atoms with Gasteiger partial charge in [-0.25, -0.2) is 0 Å². The van der Waals surface area contributed by atoms with Gasteiger partial charge in [-0.1, -0.05) is 0 Å². The van der Waals surface area contributed by atoms with Crippen LogP contribution in [0, 0.1) is 5.92 Å². The van der Waals surface area contributed by atoms with E-state index in [9.17, 15) is 9.59 Å². The van der Waals surface area contributed by atoms with Gasteiger partial charge in [-0.3, -0.25) is 9.59 Å². The number of hydrogen-bond acceptors (Lipinski definition) is 3. The Bertz CT molecular complexity index is 425. The predicted octanol–water partition coefficient (Wildman–Crippen LogP) is 2.06. The zero-order chi connectivity index (χ0) is 11.7. The molecule has 0 bridgehead atoms. The lowest BCUT2D eigenvalue weighted by molar-refractivity contribution is -0.139. The molecule has 86 valence electrons. The smallest absolute Gasteiger partial charge is 0.303 e. The fraction of sp³-hybridized carbons (Fsp3) is 0.400. The van der Waals surface area contributed by atoms with E-state index in [1.807, 2.05) is 0 Å². The Morgan fingerprint density at radius 2 is 2.25 bits per heavy atom. The van der Waals surface area contributed by atoms with Gasteiger partial charge in [-0.05, 0) is 22.0 Å². The summed E-state index contributed by atoms with van der Waals surface area (Å²) >= 11 is 4.78. The molecule has 1 aliphatic heterocycles. The number of aliphatic carboxylic acids is 1. The van der Waals surface area contributed by atoms with Crippen molar-refractivity contribution in [1.82, 2.24) is 4.90 Å². The van der Waals surface area contributed by atoms with Crippen molar-refractivity contribution in [2.24, 2.45) is 5.92 Å². The van der Waals surface area contributed by atoms with Gasteiger partial charge in [0, 0.05) is 24.4 Å². The molecule has 1 fully saturated rings. The van der Waals surface area contributed by atoms with E-state index in [0.717, 1.165) is 3.79 Å². The van der Waals surface area contributed by atoms with Gasteiger partial charge in [0.25, 0.3) is 5.91 Å². The maximum absolute atomic E-state index is 11.8. The van der Waals surface area contributed by atoms with E-state index in [4.69, 9.17) is 5.11 Å². The van der Waals surface area contributed by atoms with Crippen molar-refractivity contribution in [3.63, 3.8) is 0 Å². The summed E-state index contributed by atoms with van der Waals surface area (Å²) in [6.45, 7) is 1.11. The molecule has 0 aliphatic carbocycles. The maximum Gasteiger partial charge on any atom is 0.303 e. The van der Waals surface area contributed by atoms with Crippen LogP contribution in [0.25, 0.3) is 0 Å². The molecule has 1 N–H and O–H groups in total. The molecule has 1 saturated heterocycles. The van der Waals surface area contributed by atoms with Gasteiger partial charge in [-0.2, -0.15) is 0 Å². The number of halogens is 1. The normalized spacial score (nSPS) is 15.9. The number of carbonyl (C=O) groups excluding carboxylic acids is 1. The van der Waals surface area contributed by atoms with E-state index in [-0.39, 0.29) is 18.2 Å². The second kappa shape index (κ2) is 4.55. The van der Waals surface area contributed by atoms with E-state index >= 15 is 0 Å². The van der Waals surface area contributed by atoms with E-state index in [2.05, 4.69) is 15.9 Å². The molecule has 16 heavy (non-hydrogen) atoms. The molecule has 0 atom stereocenters. The Hall–Kier alpha value is -0.880. The standard InChI is InChI=1S/C10H10BrNO3S/c11-8-2-7(5-16-8)10(15)12-3-6(4-12)1-9(13)14/h2,5-6H,1,3-4H2,(H,13,14). The van der Waals surface area contributed by atoms with E-state index in [1.54, 1.807) is 16.3 Å². The number of rotatable bonds is 3. The van der Waals surface area contributed by atoms with Crippen molar-refractivity contribution < 1.29 is 14.7 Å². The van der Waals surface area contributed by atoms with Crippen LogP contribution in [-0.4, -0.2) is 35.0 Å². The third-order valence-electron chi connectivity index (χ3n) is 2.52. The minimum atomic E-state index is -0.796. The number of carboxylic acid groups (broad SMARTS) is 1. The molecule has 0 saturated carbocycles. The highest BCUT2D eigenvalue weighted by Gasteiger charge is 2.32. The number of hydrogen-bond donors (Lipinski definition) is 1. The molecule has 0 radical (unpaired) electrons. The number of nitrogens with zero attached hydrogens (tertiary/aromatic N) is 1. The molecule has 1 aromatic rings. The molecule has 6 heteroatoms. The van der Waals surface area contributed by atoms with Crippen LogP contribution in [0.4, 0.5) is 0 Å². The number of thiophene rings is 1. The number of carbonyl (C=O) groups is 2. The summed E-state index contributed by atoms with van der Waals surface area (Å²) in [7, 11) is 0. The average molecular weight is 304 g/mol. The molecule has 0 spiro atoms. The van der Waals surface area contributed by atoms with Crippen molar-refractivity contribution in [2.75, 3.05) is 13.1 Å². The first-order chi connectivity index (χ1) is 7.56. The predicted molar refractivity (Wildman–Crippen MR) is 63.7 cm³/mol. The van der Waals surface area contributed by atoms with Crippen LogP contribution in [0.2, 0.25) is 0 Å². The van der Waals surface area contributed by atoms with Gasteiger partial charge in [0.15, 0.2) is 0 Å². The first kappa shape index (κ1) is 11.6. The molecule has 1 aliphatic rings. The molecular formula is C10H10BrNO3S. The quantitative estimate of drug-likeness (QED) is 0.930. The van der Waals surface area contributed by atoms with Gasteiger partial charge in [0.05, 0.1) is 15.8 Å². The van der Waals surface area contributed by atoms with Crippen molar-refractivity contribution in [3.8, 4) is 0 Å². The zero-order valence-corrected chi connectivity index (χ0v) is 10.8. The van der Waals surface area contributed by atoms with Crippen molar-refractivity contribution in [2.45, 2.75) is 6.42 Å². The highest BCUT2D eigenvalue weighted by atomic mass is 79.9. The third-order valence-corrected chi connectivity index (χ3v) is 4.03. The first-order valence-electron chi connectivity index (χ1n) is 4.81. The van der Waals surface area contributed by atoms with Gasteiger partial charge in [0.2, 0.25) is 0 Å². The largest absolute Gasteiger partial charge is 0.481 e. The summed E-state index contributed by atoms with van der Waals surface area (Å²) in [5, 5.41) is 10.4. The minimum absolute atomic E-state index is 0.0106. The van der Waals surface area contributed by atoms with Crippen LogP contribution in [-0.2, 0) is 4.79 Å². The van der Waals surface area contributed by atoms with Crippen molar-refractivity contribution in [1.29, 1.82) is 0 Å². The fourth-order valence-electron chi connectivity index (χ4n) is 1.72. The van der Waals surface area contributed by atoms with Crippen LogP contribution >= 0.6 is 27.3 Å². The van der Waals surface area contributed by atoms with Crippen LogP contribution < -0.4 is 0 Å². The van der Waals surface area contributed by atoms with Crippen molar-refractivity contribution in [3.05, 3.63) is 20.8 Å². The summed E-state index contributed by atoms with van der Waals surface area (Å²) in [5.41, 5.74) is 0.672. The Balaban J connectivity index is 1.88. The van der Waals surface area contributed by atoms with E-state index in [0.29, 0.717) is 18.7 Å². The molecule has 4 nitrogen and oxygen atoms in total. The van der Waals surface area contributed by atoms with Crippen LogP contribution in [0.1, 0.15) is 16.8 Å². The first-order valence-corrected chi connectivity index (χ1v) is 6.48. The average Bonchev–Trinajstić information content (AvgIpc) is 2.56. The Labute approximate surface area is 105 Å². The Kier molecular flexibility index (Phi) is 3.30. The van der Waals surface area contributed by atoms with Crippen LogP contribution in [0.5, 0.6) is 0 Å². The summed E-state index contributed by atoms with van der Waals surface area (Å²) in [6, 6.07) is 1.79. The fourth-order valence-corrected chi connectivity index (χ4v) is 2.85. The minimum Gasteiger partial charge on any atom is -0.481 e. The molecular weight excluding hydrogens is 294 g/mol. The van der Waals surface area contributed by atoms with E-state index in [1.165, 1.54) is 11.3 Å². The molecule has 0 aromatic carbocycles. The Morgan fingerprint density at radius 1 is 1.56 bits per heavy atom. The monoisotopic (exact) mass is 303 g/mol. The lowest BCUT2D eigenvalue weighted by Gasteiger charge is -2.38. The number of likely N-dealkylation sites (tertiary alicyclic amines) is 1. The lowest BCUT2D eigenvalue weighted by Crippen LogP contribution is -2.50. The van der Waals surface area contributed by atoms with Crippen molar-refractivity contribution >= 4 is 39.1 Å². The number of amides is 1. The Morgan fingerprint density at radius 3 is 2.75 bits per heavy atom. The summed E-state index contributed by atoms with van der Waals surface area (Å²) in [5.74, 6) is -0.692. The SMILES string of the molecule is O=C(O)CC1CN(C(=O)c2csc(Br)c2)C1. The maximum atomic E-state index is 11.8. The topological polar surface area (TPSA) is 57.6 Å². The number of carboxylic acids is 1. The third kappa shape index (κ3) is 2.44. The van der Waals surface area contributed by atoms with Gasteiger partial charge >= 0.3 is 5.97 Å². The van der Waals surface area contributed by atoms with Crippen LogP contribution in [0.3, 0.4) is 0 Å². The molecule has 1 amide bonds. The lowest BCUT2D eigenvalue weighted by atomic mass is 9.96. The molecule has 2 heterocycles. The molecule has 0 unspecified atom stereocenters. The summed E-state index contributed by atoms with van der Waals surface area (Å²) in [4.78, 5) is 24.0. The second-order valence-electron chi connectivity index (χ2n) is 3.81. The van der Waals surface area contributed by atoms with Gasteiger partial charge in [-0.15, -0.1) is 11.3 Å². The molecule has 1 aromatic heterocycles. The highest BCUT2D eigenvalue weighted by Crippen LogP contribution is 2.25. The van der Waals surface area contributed by atoms with Gasteiger partial charge in [0.1, 0.15) is 0 Å².